The number of benzene rings is 3. The van der Waals surface area contributed by atoms with E-state index < -0.39 is 14.4 Å². The molecule has 2 aliphatic rings. The molecule has 0 nitrogen and oxygen atoms in total. The summed E-state index contributed by atoms with van der Waals surface area (Å²) in [7, 11) is 0. The molecular formula is C27H30SiZr. The number of rotatable bonds is 3. The summed E-state index contributed by atoms with van der Waals surface area (Å²) in [5, 5.41) is 0. The van der Waals surface area contributed by atoms with Crippen LogP contribution >= 0.6 is 0 Å². The Bertz CT molecular complexity index is 1260. The summed E-state index contributed by atoms with van der Waals surface area (Å²) in [6.45, 7) is 2.38. The molecule has 0 aliphatic heterocycles. The molecule has 2 atom stereocenters. The zero-order valence-electron chi connectivity index (χ0n) is 17.7. The quantitative estimate of drug-likeness (QED) is 0.392. The summed E-state index contributed by atoms with van der Waals surface area (Å²) in [4.78, 5) is 0. The molecule has 0 spiro atoms. The Morgan fingerprint density at radius 3 is 1.48 bits per heavy atom. The van der Waals surface area contributed by atoms with Crippen molar-refractivity contribution < 1.29 is 14.4 Å². The van der Waals surface area contributed by atoms with E-state index in [2.05, 4.69) is 124 Å². The van der Waals surface area contributed by atoms with Gasteiger partial charge in [0.15, 0.2) is 0 Å². The van der Waals surface area contributed by atoms with Crippen LogP contribution in [0.1, 0.15) is 29.5 Å². The number of hydrogen-bond acceptors (Lipinski definition) is 0. The van der Waals surface area contributed by atoms with Gasteiger partial charge >= 0.3 is 171 Å². The second kappa shape index (κ2) is 5.10. The van der Waals surface area contributed by atoms with Gasteiger partial charge in [-0.1, -0.05) is 0 Å². The molecule has 0 amide bonds. The molecule has 3 aromatic rings. The summed E-state index contributed by atoms with van der Waals surface area (Å²) in [6, 6.07) is 29.5. The van der Waals surface area contributed by atoms with Crippen molar-refractivity contribution in [2.45, 2.75) is 21.1 Å². The number of allylic oxidation sites excluding steroid dienone is 2. The second-order valence-corrected chi connectivity index (χ2v) is 66.2. The van der Waals surface area contributed by atoms with Gasteiger partial charge in [-0.3, -0.25) is 0 Å². The van der Waals surface area contributed by atoms with E-state index in [0.29, 0.717) is 7.25 Å². The van der Waals surface area contributed by atoms with Crippen LogP contribution in [0.25, 0.3) is 12.2 Å². The third-order valence-corrected chi connectivity index (χ3v) is 41.2. The summed E-state index contributed by atoms with van der Waals surface area (Å²) in [5.41, 5.74) is 5.77. The Morgan fingerprint density at radius 2 is 1.00 bits per heavy atom. The van der Waals surface area contributed by atoms with Crippen molar-refractivity contribution in [1.82, 2.24) is 0 Å². The Kier molecular flexibility index (Phi) is 3.38. The molecule has 0 aromatic heterocycles. The fraction of sp³-hybridized carbons (Fsp3) is 0.185. The van der Waals surface area contributed by atoms with Gasteiger partial charge in [-0.15, -0.1) is 0 Å². The number of fused-ring (bicyclic) bond motifs is 2. The van der Waals surface area contributed by atoms with Crippen molar-refractivity contribution in [3.8, 4) is 0 Å². The normalized spacial score (nSPS) is 23.5. The van der Waals surface area contributed by atoms with Crippen LogP contribution in [0.5, 0.6) is 0 Å². The molecule has 0 saturated heterocycles. The minimum atomic E-state index is -4.81. The van der Waals surface area contributed by atoms with Gasteiger partial charge in [-0.05, 0) is 0 Å². The van der Waals surface area contributed by atoms with Crippen molar-refractivity contribution in [3.63, 3.8) is 0 Å². The van der Waals surface area contributed by atoms with Crippen molar-refractivity contribution >= 4 is 22.3 Å². The van der Waals surface area contributed by atoms with E-state index in [0.717, 1.165) is 0 Å². The fourth-order valence-corrected chi connectivity index (χ4v) is 33.1. The molecular weight excluding hydrogens is 444 g/mol. The third kappa shape index (κ3) is 2.28. The van der Waals surface area contributed by atoms with Crippen LogP contribution in [0.3, 0.4) is 0 Å². The van der Waals surface area contributed by atoms with E-state index in [9.17, 15) is 0 Å². The summed E-state index contributed by atoms with van der Waals surface area (Å²) >= 11 is -4.81. The van der Waals surface area contributed by atoms with Crippen LogP contribution in [0.2, 0.25) is 13.9 Å². The van der Waals surface area contributed by atoms with Crippen molar-refractivity contribution in [1.29, 1.82) is 0 Å². The van der Waals surface area contributed by atoms with E-state index in [1.807, 2.05) is 0 Å². The van der Waals surface area contributed by atoms with E-state index in [1.54, 1.807) is 3.27 Å². The average molecular weight is 474 g/mol. The third-order valence-electron chi connectivity index (χ3n) is 8.75. The van der Waals surface area contributed by atoms with E-state index in [-0.39, 0.29) is 0 Å². The van der Waals surface area contributed by atoms with Gasteiger partial charge < -0.3 is 0 Å². The predicted molar refractivity (Wildman–Crippen MR) is 129 cm³/mol. The number of hydrogen-bond donors (Lipinski definition) is 0. The first-order valence-corrected chi connectivity index (χ1v) is 28.1. The zero-order valence-corrected chi connectivity index (χ0v) is 21.5. The van der Waals surface area contributed by atoms with Gasteiger partial charge in [0.25, 0.3) is 0 Å². The zero-order chi connectivity index (χ0) is 20.4. The van der Waals surface area contributed by atoms with Gasteiger partial charge in [0.2, 0.25) is 0 Å². The molecule has 2 heteroatoms. The van der Waals surface area contributed by atoms with Crippen LogP contribution in [0, 0.1) is 0 Å². The monoisotopic (exact) mass is 472 g/mol. The second-order valence-electron chi connectivity index (χ2n) is 12.4. The Labute approximate surface area is 170 Å². The van der Waals surface area contributed by atoms with Crippen molar-refractivity contribution in [3.05, 3.63) is 113 Å². The molecule has 5 rings (SSSR count). The molecule has 0 heterocycles. The molecule has 0 N–H and O–H groups in total. The van der Waals surface area contributed by atoms with Gasteiger partial charge in [-0.25, -0.2) is 0 Å². The minimum absolute atomic E-state index is 0.407. The van der Waals surface area contributed by atoms with Crippen molar-refractivity contribution in [2.75, 3.05) is 0 Å². The Morgan fingerprint density at radius 1 is 0.586 bits per heavy atom. The Hall–Kier alpha value is -1.76. The standard InChI is InChI=1S/2C9H7.C6H5.3CH3.H2Si.Zr/c2*1-2-5-9-7-3-6-8(9)4-1;1-2-4-6-5-3-1;;;;;/h2*1-7H;1-5H;3*1H3;1H2;. The maximum absolute atomic E-state index is 4.81. The van der Waals surface area contributed by atoms with E-state index in [1.165, 1.54) is 22.3 Å². The fourth-order valence-electron chi connectivity index (χ4n) is 6.71. The molecule has 29 heavy (non-hydrogen) atoms. The van der Waals surface area contributed by atoms with Crippen LogP contribution in [-0.2, 0) is 14.4 Å². The van der Waals surface area contributed by atoms with Gasteiger partial charge in [0, 0.05) is 0 Å². The molecule has 2 unspecified atom stereocenters. The summed E-state index contributed by atoms with van der Waals surface area (Å²) < 4.78 is 10.5. The molecule has 0 radical (unpaired) electrons. The summed E-state index contributed by atoms with van der Waals surface area (Å²) in [5.74, 6) is 0. The molecule has 146 valence electrons. The molecule has 0 fully saturated rings. The predicted octanol–water partition coefficient (Wildman–Crippen LogP) is 6.30. The Balaban J connectivity index is 1.95. The van der Waals surface area contributed by atoms with Crippen molar-refractivity contribution in [2.24, 2.45) is 0 Å². The van der Waals surface area contributed by atoms with Crippen LogP contribution in [-0.4, -0.2) is 6.88 Å². The van der Waals surface area contributed by atoms with Crippen LogP contribution in [0.15, 0.2) is 91.0 Å². The molecule has 0 bridgehead atoms. The topological polar surface area (TPSA) is 0 Å². The van der Waals surface area contributed by atoms with Crippen LogP contribution < -0.4 is 3.27 Å². The van der Waals surface area contributed by atoms with Gasteiger partial charge in [-0.2, -0.15) is 0 Å². The molecule has 3 aromatic carbocycles. The van der Waals surface area contributed by atoms with Gasteiger partial charge in [0.1, 0.15) is 0 Å². The molecule has 0 saturated carbocycles. The maximum atomic E-state index is 2.71. The van der Waals surface area contributed by atoms with E-state index >= 15 is 0 Å². The SMILES string of the molecule is [CH3][Zr]([CH3])([CH3])(=[SiH2])([c]1ccccc1)([CH]1C=Cc2ccccc21)[CH]1C=Cc2ccccc21. The van der Waals surface area contributed by atoms with Gasteiger partial charge in [0.05, 0.1) is 0 Å². The van der Waals surface area contributed by atoms with E-state index in [4.69, 9.17) is 0 Å². The first-order valence-electron chi connectivity index (χ1n) is 10.7. The first kappa shape index (κ1) is 19.2. The molecule has 2 aliphatic carbocycles. The summed E-state index contributed by atoms with van der Waals surface area (Å²) in [6.07, 6.45) is 9.79. The average Bonchev–Trinajstić information content (AvgIpc) is 3.35. The van der Waals surface area contributed by atoms with Crippen LogP contribution in [0.4, 0.5) is 0 Å². The first-order chi connectivity index (χ1) is 13.6.